The molecular formula is C19H21N3O3. The molecule has 6 heteroatoms. The number of para-hydroxylation sites is 1. The molecule has 1 aliphatic heterocycles. The fourth-order valence-corrected chi connectivity index (χ4v) is 3.33. The summed E-state index contributed by atoms with van der Waals surface area (Å²) < 4.78 is 0. The van der Waals surface area contributed by atoms with Gasteiger partial charge in [0.2, 0.25) is 0 Å². The largest absolute Gasteiger partial charge is 0.366 e. The van der Waals surface area contributed by atoms with E-state index in [0.717, 1.165) is 13.0 Å². The number of carbonyl (C=O) groups is 1. The van der Waals surface area contributed by atoms with Crippen molar-refractivity contribution in [1.29, 1.82) is 0 Å². The molecule has 0 radical (unpaired) electrons. The number of hydrogen-bond donors (Lipinski definition) is 1. The number of nitrogens with zero attached hydrogens (tertiary/aromatic N) is 2. The molecule has 0 spiro atoms. The van der Waals surface area contributed by atoms with Crippen molar-refractivity contribution in [1.82, 2.24) is 5.32 Å². The van der Waals surface area contributed by atoms with E-state index in [4.69, 9.17) is 0 Å². The van der Waals surface area contributed by atoms with Crippen molar-refractivity contribution >= 4 is 17.3 Å². The highest BCUT2D eigenvalue weighted by Gasteiger charge is 2.24. The Morgan fingerprint density at radius 2 is 2.04 bits per heavy atom. The van der Waals surface area contributed by atoms with Crippen LogP contribution >= 0.6 is 0 Å². The maximum Gasteiger partial charge on any atom is 0.273 e. The summed E-state index contributed by atoms with van der Waals surface area (Å²) in [5, 5.41) is 13.9. The number of amides is 1. The lowest BCUT2D eigenvalue weighted by atomic mass is 10.1. The average molecular weight is 339 g/mol. The first-order valence-electron chi connectivity index (χ1n) is 8.35. The predicted octanol–water partition coefficient (Wildman–Crippen LogP) is 3.08. The van der Waals surface area contributed by atoms with Crippen LogP contribution in [0.2, 0.25) is 0 Å². The van der Waals surface area contributed by atoms with Crippen LogP contribution in [0.4, 0.5) is 11.4 Å². The van der Waals surface area contributed by atoms with E-state index in [9.17, 15) is 14.9 Å². The molecule has 1 amide bonds. The molecule has 0 bridgehead atoms. The lowest BCUT2D eigenvalue weighted by Gasteiger charge is -2.27. The second kappa shape index (κ2) is 6.93. The van der Waals surface area contributed by atoms with Crippen LogP contribution in [-0.4, -0.2) is 30.0 Å². The van der Waals surface area contributed by atoms with Crippen molar-refractivity contribution in [3.05, 3.63) is 69.3 Å². The molecule has 0 saturated heterocycles. The van der Waals surface area contributed by atoms with E-state index in [2.05, 4.69) is 29.3 Å². The Kier molecular flexibility index (Phi) is 4.70. The molecule has 0 aromatic heterocycles. The highest BCUT2D eigenvalue weighted by atomic mass is 16.6. The van der Waals surface area contributed by atoms with Gasteiger partial charge in [0.05, 0.1) is 4.92 Å². The summed E-state index contributed by atoms with van der Waals surface area (Å²) in [5.74, 6) is -0.277. The molecular weight excluding hydrogens is 318 g/mol. The zero-order valence-corrected chi connectivity index (χ0v) is 14.4. The minimum absolute atomic E-state index is 0.0332. The molecule has 130 valence electrons. The van der Waals surface area contributed by atoms with Crippen molar-refractivity contribution in [2.24, 2.45) is 0 Å². The van der Waals surface area contributed by atoms with Gasteiger partial charge in [-0.05, 0) is 38.0 Å². The molecule has 6 nitrogen and oxygen atoms in total. The third-order valence-corrected chi connectivity index (χ3v) is 4.76. The molecule has 2 aromatic rings. The third kappa shape index (κ3) is 3.33. The smallest absolute Gasteiger partial charge is 0.273 e. The van der Waals surface area contributed by atoms with Gasteiger partial charge in [-0.15, -0.1) is 0 Å². The van der Waals surface area contributed by atoms with Crippen LogP contribution < -0.4 is 10.2 Å². The first-order valence-corrected chi connectivity index (χ1v) is 8.35. The van der Waals surface area contributed by atoms with E-state index in [0.29, 0.717) is 17.7 Å². The zero-order chi connectivity index (χ0) is 18.0. The van der Waals surface area contributed by atoms with E-state index in [1.54, 1.807) is 19.1 Å². The fraction of sp³-hybridized carbons (Fsp3) is 0.316. The van der Waals surface area contributed by atoms with Gasteiger partial charge in [0, 0.05) is 42.0 Å². The van der Waals surface area contributed by atoms with Crippen LogP contribution in [0.15, 0.2) is 42.5 Å². The van der Waals surface area contributed by atoms with Crippen molar-refractivity contribution < 1.29 is 9.72 Å². The minimum Gasteiger partial charge on any atom is -0.366 e. The van der Waals surface area contributed by atoms with Gasteiger partial charge in [0.25, 0.3) is 11.6 Å². The van der Waals surface area contributed by atoms with E-state index in [1.165, 1.54) is 17.3 Å². The van der Waals surface area contributed by atoms with Crippen molar-refractivity contribution in [3.63, 3.8) is 0 Å². The molecule has 25 heavy (non-hydrogen) atoms. The van der Waals surface area contributed by atoms with E-state index in [-0.39, 0.29) is 17.6 Å². The Morgan fingerprint density at radius 1 is 1.28 bits per heavy atom. The van der Waals surface area contributed by atoms with E-state index < -0.39 is 4.92 Å². The van der Waals surface area contributed by atoms with Gasteiger partial charge in [-0.2, -0.15) is 0 Å². The number of carbonyl (C=O) groups excluding carboxylic acids is 1. The lowest BCUT2D eigenvalue weighted by Crippen LogP contribution is -2.41. The number of nitro groups is 1. The molecule has 2 aromatic carbocycles. The summed E-state index contributed by atoms with van der Waals surface area (Å²) >= 11 is 0. The van der Waals surface area contributed by atoms with Gasteiger partial charge >= 0.3 is 0 Å². The Balaban J connectivity index is 1.67. The molecule has 1 aliphatic rings. The van der Waals surface area contributed by atoms with Crippen LogP contribution in [0.25, 0.3) is 0 Å². The maximum absolute atomic E-state index is 12.5. The van der Waals surface area contributed by atoms with Gasteiger partial charge in [0.1, 0.15) is 0 Å². The van der Waals surface area contributed by atoms with Crippen molar-refractivity contribution in [2.45, 2.75) is 26.3 Å². The normalized spacial score (nSPS) is 14.1. The van der Waals surface area contributed by atoms with Crippen LogP contribution in [0.5, 0.6) is 0 Å². The SMILES string of the molecule is Cc1c(C(=O)NCC(C)N2CCc3ccccc32)cccc1[N+](=O)[O-]. The summed E-state index contributed by atoms with van der Waals surface area (Å²) in [7, 11) is 0. The molecule has 1 heterocycles. The van der Waals surface area contributed by atoms with Crippen molar-refractivity contribution in [2.75, 3.05) is 18.0 Å². The van der Waals surface area contributed by atoms with Gasteiger partial charge in [-0.1, -0.05) is 24.3 Å². The molecule has 0 aliphatic carbocycles. The summed E-state index contributed by atoms with van der Waals surface area (Å²) in [6.45, 7) is 5.09. The quantitative estimate of drug-likeness (QED) is 0.671. The fourth-order valence-electron chi connectivity index (χ4n) is 3.33. The first kappa shape index (κ1) is 17.0. The number of rotatable bonds is 5. The summed E-state index contributed by atoms with van der Waals surface area (Å²) in [6.07, 6.45) is 1.01. The highest BCUT2D eigenvalue weighted by molar-refractivity contribution is 5.96. The van der Waals surface area contributed by atoms with E-state index >= 15 is 0 Å². The molecule has 1 unspecified atom stereocenters. The Morgan fingerprint density at radius 3 is 2.80 bits per heavy atom. The summed E-state index contributed by atoms with van der Waals surface area (Å²) in [6, 6.07) is 13.0. The van der Waals surface area contributed by atoms with Crippen LogP contribution in [-0.2, 0) is 6.42 Å². The standard InChI is InChI=1S/C19H21N3O3/c1-13(21-11-10-15-6-3-4-8-18(15)21)12-20-19(23)16-7-5-9-17(14(16)2)22(24)25/h3-9,13H,10-12H2,1-2H3,(H,20,23). The van der Waals surface area contributed by atoms with Gasteiger partial charge in [-0.3, -0.25) is 14.9 Å². The molecule has 3 rings (SSSR count). The second-order valence-electron chi connectivity index (χ2n) is 6.34. The van der Waals surface area contributed by atoms with Gasteiger partial charge in [0.15, 0.2) is 0 Å². The Hall–Kier alpha value is -2.89. The minimum atomic E-state index is -0.462. The molecule has 1 atom stereocenters. The average Bonchev–Trinajstić information content (AvgIpc) is 3.03. The number of anilines is 1. The number of benzene rings is 2. The topological polar surface area (TPSA) is 75.5 Å². The van der Waals surface area contributed by atoms with Crippen LogP contribution in [0, 0.1) is 17.0 Å². The van der Waals surface area contributed by atoms with Crippen LogP contribution in [0.3, 0.4) is 0 Å². The molecule has 0 saturated carbocycles. The summed E-state index contributed by atoms with van der Waals surface area (Å²) in [5.41, 5.74) is 3.26. The number of hydrogen-bond acceptors (Lipinski definition) is 4. The molecule has 0 fully saturated rings. The second-order valence-corrected chi connectivity index (χ2v) is 6.34. The van der Waals surface area contributed by atoms with Crippen LogP contribution in [0.1, 0.15) is 28.4 Å². The Bertz CT molecular complexity index is 819. The lowest BCUT2D eigenvalue weighted by molar-refractivity contribution is -0.385. The summed E-state index contributed by atoms with van der Waals surface area (Å²) in [4.78, 5) is 25.3. The predicted molar refractivity (Wildman–Crippen MR) is 97.1 cm³/mol. The van der Waals surface area contributed by atoms with E-state index in [1.807, 2.05) is 12.1 Å². The van der Waals surface area contributed by atoms with Crippen molar-refractivity contribution in [3.8, 4) is 0 Å². The third-order valence-electron chi connectivity index (χ3n) is 4.76. The van der Waals surface area contributed by atoms with Gasteiger partial charge < -0.3 is 10.2 Å². The molecule has 1 N–H and O–H groups in total. The number of fused-ring (bicyclic) bond motifs is 1. The first-order chi connectivity index (χ1) is 12.0. The Labute approximate surface area is 146 Å². The van der Waals surface area contributed by atoms with Gasteiger partial charge in [-0.25, -0.2) is 0 Å². The zero-order valence-electron chi connectivity index (χ0n) is 14.4. The number of nitrogens with one attached hydrogen (secondary N) is 1. The highest BCUT2D eigenvalue weighted by Crippen LogP contribution is 2.29. The monoisotopic (exact) mass is 339 g/mol. The number of nitro benzene ring substituents is 1. The maximum atomic E-state index is 12.5.